The lowest BCUT2D eigenvalue weighted by Gasteiger charge is -2.59. The molecule has 0 heterocycles. The molecule has 4 bridgehead atoms. The molecule has 0 saturated heterocycles. The van der Waals surface area contributed by atoms with Crippen molar-refractivity contribution >= 4 is 59.0 Å². The van der Waals surface area contributed by atoms with Gasteiger partial charge in [-0.05, 0) is 91.7 Å². The van der Waals surface area contributed by atoms with E-state index >= 15 is 0 Å². The van der Waals surface area contributed by atoms with Crippen LogP contribution in [0.15, 0.2) is 10.2 Å². The van der Waals surface area contributed by atoms with Gasteiger partial charge in [0.1, 0.15) is 6.10 Å². The Morgan fingerprint density at radius 2 is 1.55 bits per heavy atom. The monoisotopic (exact) mass is 727 g/mol. The minimum Gasteiger partial charge on any atom is -0.458 e. The van der Waals surface area contributed by atoms with Crippen LogP contribution in [0.5, 0.6) is 0 Å². The normalized spacial score (nSPS) is 30.0. The summed E-state index contributed by atoms with van der Waals surface area (Å²) in [6, 6.07) is 0. The predicted octanol–water partition coefficient (Wildman–Crippen LogP) is 2.79. The number of ether oxygens (including phenoxy) is 1. The Hall–Kier alpha value is -0.610. The first-order chi connectivity index (χ1) is 17.0. The SMILES string of the molecule is C=C(I)C(=O)OC1C2CC3CC1CC(COS(=O)(=O)NS(=O)(=O)C(F)(F)C(F)(F)S(=O)(=O)OC(C)C)(C3)C2. The molecule has 4 fully saturated rings. The van der Waals surface area contributed by atoms with E-state index in [-0.39, 0.29) is 21.3 Å². The van der Waals surface area contributed by atoms with Crippen molar-refractivity contribution in [3.05, 3.63) is 10.2 Å². The fourth-order valence-electron chi connectivity index (χ4n) is 5.73. The quantitative estimate of drug-likeness (QED) is 0.104. The molecule has 38 heavy (non-hydrogen) atoms. The molecule has 0 amide bonds. The first kappa shape index (κ1) is 31.9. The zero-order chi connectivity index (χ0) is 29.1. The summed E-state index contributed by atoms with van der Waals surface area (Å²) in [6.07, 6.45) is 0.522. The van der Waals surface area contributed by atoms with Crippen molar-refractivity contribution in [2.75, 3.05) is 6.61 Å². The molecule has 220 valence electrons. The molecule has 0 aromatic carbocycles. The lowest BCUT2D eigenvalue weighted by molar-refractivity contribution is -0.180. The van der Waals surface area contributed by atoms with E-state index in [1.54, 1.807) is 22.6 Å². The Morgan fingerprint density at radius 3 is 2.03 bits per heavy atom. The predicted molar refractivity (Wildman–Crippen MR) is 131 cm³/mol. The van der Waals surface area contributed by atoms with Crippen molar-refractivity contribution < 1.29 is 60.7 Å². The van der Waals surface area contributed by atoms with Gasteiger partial charge < -0.3 is 4.74 Å². The van der Waals surface area contributed by atoms with E-state index in [1.807, 2.05) is 0 Å². The molecular formula is C19H26F4INO10S3. The van der Waals surface area contributed by atoms with Crippen molar-refractivity contribution in [3.63, 3.8) is 0 Å². The van der Waals surface area contributed by atoms with Crippen molar-refractivity contribution in [1.82, 2.24) is 4.13 Å². The van der Waals surface area contributed by atoms with Gasteiger partial charge >= 0.3 is 36.9 Å². The minimum absolute atomic E-state index is 0.127. The van der Waals surface area contributed by atoms with Crippen LogP contribution in [-0.4, -0.2) is 60.5 Å². The number of rotatable bonds is 12. The average molecular weight is 728 g/mol. The van der Waals surface area contributed by atoms with Crippen LogP contribution in [0, 0.1) is 23.2 Å². The topological polar surface area (TPSA) is 159 Å². The second-order valence-corrected chi connectivity index (χ2v) is 16.4. The number of sulfonamides is 1. The molecule has 19 heteroatoms. The van der Waals surface area contributed by atoms with Crippen LogP contribution in [0.2, 0.25) is 0 Å². The average Bonchev–Trinajstić information content (AvgIpc) is 2.72. The Balaban J connectivity index is 1.73. The summed E-state index contributed by atoms with van der Waals surface area (Å²) in [5.41, 5.74) is -0.819. The summed E-state index contributed by atoms with van der Waals surface area (Å²) in [5, 5.41) is -12.8. The molecule has 0 aromatic heterocycles. The summed E-state index contributed by atoms with van der Waals surface area (Å²) in [7, 11) is -19.0. The third-order valence-electron chi connectivity index (χ3n) is 6.82. The molecular weight excluding hydrogens is 701 g/mol. The third-order valence-corrected chi connectivity index (χ3v) is 12.0. The third kappa shape index (κ3) is 6.02. The number of esters is 1. The molecule has 0 aromatic rings. The van der Waals surface area contributed by atoms with Crippen LogP contribution >= 0.6 is 22.6 Å². The molecule has 0 aliphatic heterocycles. The number of halogens is 5. The van der Waals surface area contributed by atoms with Crippen molar-refractivity contribution in [3.8, 4) is 0 Å². The van der Waals surface area contributed by atoms with Crippen LogP contribution in [0.4, 0.5) is 17.6 Å². The number of carbonyl (C=O) groups is 1. The van der Waals surface area contributed by atoms with Gasteiger partial charge in [-0.1, -0.05) is 10.7 Å². The second-order valence-electron chi connectivity index (χ2n) is 10.2. The molecule has 11 nitrogen and oxygen atoms in total. The van der Waals surface area contributed by atoms with Crippen LogP contribution in [0.25, 0.3) is 0 Å². The number of hydrogen-bond donors (Lipinski definition) is 1. The lowest BCUT2D eigenvalue weighted by Crippen LogP contribution is -2.58. The molecule has 4 rings (SSSR count). The first-order valence-electron chi connectivity index (χ1n) is 11.2. The van der Waals surface area contributed by atoms with Gasteiger partial charge in [-0.25, -0.2) is 13.2 Å². The fraction of sp³-hybridized carbons (Fsp3) is 0.842. The number of carbonyl (C=O) groups excluding carboxylic acids is 1. The molecule has 4 aliphatic rings. The maximum absolute atomic E-state index is 14.3. The van der Waals surface area contributed by atoms with E-state index < -0.39 is 71.2 Å². The summed E-state index contributed by atoms with van der Waals surface area (Å²) >= 11 is 1.72. The van der Waals surface area contributed by atoms with E-state index in [0.29, 0.717) is 36.2 Å². The van der Waals surface area contributed by atoms with Gasteiger partial charge in [0.25, 0.3) is 10.0 Å². The Kier molecular flexibility index (Phi) is 8.68. The zero-order valence-electron chi connectivity index (χ0n) is 20.0. The number of alkyl halides is 4. The summed E-state index contributed by atoms with van der Waals surface area (Å²) in [5.74, 6) is -0.761. The zero-order valence-corrected chi connectivity index (χ0v) is 24.6. The van der Waals surface area contributed by atoms with Crippen molar-refractivity contribution in [2.24, 2.45) is 23.2 Å². The number of hydrogen-bond acceptors (Lipinski definition) is 10. The molecule has 0 spiro atoms. The van der Waals surface area contributed by atoms with Gasteiger partial charge in [0.05, 0.1) is 16.3 Å². The largest absolute Gasteiger partial charge is 0.458 e. The molecule has 1 N–H and O–H groups in total. The standard InChI is InChI=1S/C19H26F4INO10S3/c1-10(2)35-37(29,30)19(22,23)18(20,21)36(27,28)25-38(31,32)33-9-17-6-12-4-13(7-17)15(14(5-12)8-17)34-16(26)11(3)24/h10,12-15,25H,3-9H2,1-2H3. The molecule has 2 atom stereocenters. The van der Waals surface area contributed by atoms with E-state index in [9.17, 15) is 47.6 Å². The van der Waals surface area contributed by atoms with E-state index in [2.05, 4.69) is 14.9 Å². The first-order valence-corrected chi connectivity index (χ1v) is 16.6. The summed E-state index contributed by atoms with van der Waals surface area (Å²) in [4.78, 5) is 12.0. The Morgan fingerprint density at radius 1 is 1.03 bits per heavy atom. The van der Waals surface area contributed by atoms with Crippen LogP contribution in [-0.2, 0) is 48.3 Å². The van der Waals surface area contributed by atoms with Gasteiger partial charge in [0, 0.05) is 0 Å². The number of nitrogens with one attached hydrogen (secondary N) is 1. The Bertz CT molecular complexity index is 1290. The highest BCUT2D eigenvalue weighted by Crippen LogP contribution is 2.61. The van der Waals surface area contributed by atoms with Crippen LogP contribution in [0.1, 0.15) is 46.0 Å². The lowest BCUT2D eigenvalue weighted by atomic mass is 9.49. The molecule has 4 saturated carbocycles. The van der Waals surface area contributed by atoms with Gasteiger partial charge in [-0.3, -0.25) is 8.37 Å². The highest BCUT2D eigenvalue weighted by atomic mass is 127. The summed E-state index contributed by atoms with van der Waals surface area (Å²) in [6.45, 7) is 4.69. The molecule has 0 radical (unpaired) electrons. The van der Waals surface area contributed by atoms with E-state index in [1.165, 1.54) is 0 Å². The van der Waals surface area contributed by atoms with Gasteiger partial charge in [-0.15, -0.1) is 0 Å². The molecule has 2 unspecified atom stereocenters. The fourth-order valence-corrected chi connectivity index (χ4v) is 9.82. The maximum Gasteiger partial charge on any atom is 0.448 e. The van der Waals surface area contributed by atoms with E-state index in [0.717, 1.165) is 13.8 Å². The second kappa shape index (κ2) is 10.3. The van der Waals surface area contributed by atoms with Crippen molar-refractivity contribution in [2.45, 2.75) is 68.7 Å². The molecule has 4 aliphatic carbocycles. The Labute approximate surface area is 231 Å². The minimum atomic E-state index is -6.87. The maximum atomic E-state index is 14.3. The summed E-state index contributed by atoms with van der Waals surface area (Å²) < 4.78 is 143. The van der Waals surface area contributed by atoms with Crippen LogP contribution in [0.3, 0.4) is 0 Å². The smallest absolute Gasteiger partial charge is 0.448 e. The van der Waals surface area contributed by atoms with Gasteiger partial charge in [-0.2, -0.15) is 34.4 Å². The highest BCUT2D eigenvalue weighted by molar-refractivity contribution is 14.1. The van der Waals surface area contributed by atoms with Crippen LogP contribution < -0.4 is 4.13 Å². The van der Waals surface area contributed by atoms with Crippen molar-refractivity contribution in [1.29, 1.82) is 0 Å². The van der Waals surface area contributed by atoms with Gasteiger partial charge in [0.15, 0.2) is 0 Å². The van der Waals surface area contributed by atoms with Gasteiger partial charge in [0.2, 0.25) is 0 Å². The highest BCUT2D eigenvalue weighted by Gasteiger charge is 2.75. The van der Waals surface area contributed by atoms with E-state index in [4.69, 9.17) is 4.74 Å².